The second-order valence-electron chi connectivity index (χ2n) is 7.48. The third-order valence-electron chi connectivity index (χ3n) is 5.08. The molecule has 0 bridgehead atoms. The Morgan fingerprint density at radius 1 is 0.903 bits per heavy atom. The van der Waals surface area contributed by atoms with Crippen molar-refractivity contribution in [1.29, 1.82) is 0 Å². The minimum absolute atomic E-state index is 0.170. The Labute approximate surface area is 185 Å². The van der Waals surface area contributed by atoms with Gasteiger partial charge in [-0.2, -0.15) is 0 Å². The number of carbonyl (C=O) groups excluding carboxylic acids is 2. The summed E-state index contributed by atoms with van der Waals surface area (Å²) in [7, 11) is 0. The van der Waals surface area contributed by atoms with Crippen molar-refractivity contribution in [2.45, 2.75) is 20.8 Å². The highest BCUT2D eigenvalue weighted by atomic mass is 35.5. The van der Waals surface area contributed by atoms with Crippen molar-refractivity contribution in [3.63, 3.8) is 0 Å². The van der Waals surface area contributed by atoms with Crippen LogP contribution < -0.4 is 4.74 Å². The summed E-state index contributed by atoms with van der Waals surface area (Å²) in [6.45, 7) is 5.38. The van der Waals surface area contributed by atoms with Gasteiger partial charge in [0.2, 0.25) is 0 Å². The van der Waals surface area contributed by atoms with Crippen LogP contribution in [-0.2, 0) is 0 Å². The molecule has 0 saturated carbocycles. The minimum atomic E-state index is -0.540. The summed E-state index contributed by atoms with van der Waals surface area (Å²) in [5.74, 6) is -0.472. The number of esters is 1. The number of ketones is 1. The van der Waals surface area contributed by atoms with Gasteiger partial charge in [0, 0.05) is 16.0 Å². The van der Waals surface area contributed by atoms with Gasteiger partial charge in [0.25, 0.3) is 0 Å². The molecule has 0 aliphatic rings. The van der Waals surface area contributed by atoms with E-state index in [1.807, 2.05) is 38.1 Å². The van der Waals surface area contributed by atoms with Crippen LogP contribution in [0, 0.1) is 13.8 Å². The maximum absolute atomic E-state index is 13.3. The van der Waals surface area contributed by atoms with Gasteiger partial charge in [-0.15, -0.1) is 0 Å². The number of para-hydroxylation sites is 1. The van der Waals surface area contributed by atoms with E-state index in [1.54, 1.807) is 42.5 Å². The third kappa shape index (κ3) is 4.21. The molecule has 31 heavy (non-hydrogen) atoms. The molecule has 0 unspecified atom stereocenters. The first-order chi connectivity index (χ1) is 14.8. The molecule has 5 heteroatoms. The number of halogens is 1. The summed E-state index contributed by atoms with van der Waals surface area (Å²) in [5, 5.41) is 1.33. The molecule has 0 atom stereocenters. The maximum atomic E-state index is 13.3. The molecule has 4 nitrogen and oxygen atoms in total. The Morgan fingerprint density at radius 2 is 1.61 bits per heavy atom. The van der Waals surface area contributed by atoms with Crippen molar-refractivity contribution in [2.24, 2.45) is 0 Å². The second-order valence-corrected chi connectivity index (χ2v) is 7.92. The van der Waals surface area contributed by atoms with E-state index < -0.39 is 5.97 Å². The molecule has 0 fully saturated rings. The fraction of sp³-hybridized carbons (Fsp3) is 0.115. The molecular formula is C26H20ClNO3. The summed E-state index contributed by atoms with van der Waals surface area (Å²) < 4.78 is 5.68. The summed E-state index contributed by atoms with van der Waals surface area (Å²) in [4.78, 5) is 30.0. The van der Waals surface area contributed by atoms with Gasteiger partial charge in [-0.1, -0.05) is 47.5 Å². The highest BCUT2D eigenvalue weighted by molar-refractivity contribution is 6.30. The molecule has 3 aromatic carbocycles. The van der Waals surface area contributed by atoms with Crippen molar-refractivity contribution in [3.05, 3.63) is 94.0 Å². The first kappa shape index (κ1) is 20.8. The van der Waals surface area contributed by atoms with Crippen LogP contribution in [0.4, 0.5) is 0 Å². The van der Waals surface area contributed by atoms with E-state index in [1.165, 1.54) is 6.92 Å². The van der Waals surface area contributed by atoms with E-state index in [4.69, 9.17) is 21.3 Å². The SMILES string of the molecule is CC(=O)c1ccccc1OC(=O)c1cc(-c2ccc(Cl)cc2)nc2c(C)cc(C)cc12. The Hall–Kier alpha value is -3.50. The molecule has 1 heterocycles. The number of hydrogen-bond acceptors (Lipinski definition) is 4. The molecule has 0 saturated heterocycles. The first-order valence-corrected chi connectivity index (χ1v) is 10.2. The van der Waals surface area contributed by atoms with Crippen LogP contribution in [0.3, 0.4) is 0 Å². The van der Waals surface area contributed by atoms with Crippen LogP contribution in [0.25, 0.3) is 22.2 Å². The molecule has 0 N–H and O–H groups in total. The van der Waals surface area contributed by atoms with Crippen LogP contribution in [0.5, 0.6) is 5.75 Å². The molecule has 154 valence electrons. The average molecular weight is 430 g/mol. The average Bonchev–Trinajstić information content (AvgIpc) is 2.74. The lowest BCUT2D eigenvalue weighted by Crippen LogP contribution is -2.12. The van der Waals surface area contributed by atoms with Gasteiger partial charge in [-0.05, 0) is 62.7 Å². The summed E-state index contributed by atoms with van der Waals surface area (Å²) in [6.07, 6.45) is 0. The van der Waals surface area contributed by atoms with Crippen LogP contribution in [0.2, 0.25) is 5.02 Å². The topological polar surface area (TPSA) is 56.3 Å². The highest BCUT2D eigenvalue weighted by Gasteiger charge is 2.19. The number of pyridine rings is 1. The molecule has 0 aliphatic carbocycles. The fourth-order valence-electron chi connectivity index (χ4n) is 3.62. The van der Waals surface area contributed by atoms with Gasteiger partial charge >= 0.3 is 5.97 Å². The van der Waals surface area contributed by atoms with Gasteiger partial charge in [0.05, 0.1) is 22.3 Å². The quantitative estimate of drug-likeness (QED) is 0.208. The molecular weight excluding hydrogens is 410 g/mol. The number of nitrogens with zero attached hydrogens (tertiary/aromatic N) is 1. The molecule has 4 rings (SSSR count). The lowest BCUT2D eigenvalue weighted by Gasteiger charge is -2.13. The van der Waals surface area contributed by atoms with Gasteiger partial charge in [-0.3, -0.25) is 4.79 Å². The van der Waals surface area contributed by atoms with Crippen LogP contribution in [-0.4, -0.2) is 16.7 Å². The van der Waals surface area contributed by atoms with Gasteiger partial charge < -0.3 is 4.74 Å². The van der Waals surface area contributed by atoms with Gasteiger partial charge in [0.15, 0.2) is 5.78 Å². The number of benzene rings is 3. The van der Waals surface area contributed by atoms with Gasteiger partial charge in [-0.25, -0.2) is 9.78 Å². The van der Waals surface area contributed by atoms with E-state index in [2.05, 4.69) is 0 Å². The summed E-state index contributed by atoms with van der Waals surface area (Å²) in [5.41, 5.74) is 4.94. The van der Waals surface area contributed by atoms with Gasteiger partial charge in [0.1, 0.15) is 5.75 Å². The number of rotatable bonds is 4. The second kappa shape index (κ2) is 8.32. The molecule has 0 radical (unpaired) electrons. The number of aromatic nitrogens is 1. The van der Waals surface area contributed by atoms with Crippen LogP contribution in [0.15, 0.2) is 66.7 Å². The summed E-state index contributed by atoms with van der Waals surface area (Å²) >= 11 is 6.03. The van der Waals surface area contributed by atoms with Crippen molar-refractivity contribution < 1.29 is 14.3 Å². The van der Waals surface area contributed by atoms with Crippen molar-refractivity contribution >= 4 is 34.3 Å². The number of carbonyl (C=O) groups is 2. The molecule has 0 aliphatic heterocycles. The Kier molecular flexibility index (Phi) is 5.57. The first-order valence-electron chi connectivity index (χ1n) is 9.83. The number of hydrogen-bond donors (Lipinski definition) is 0. The number of Topliss-reactive ketones (excluding diaryl/α,β-unsaturated/α-hetero) is 1. The zero-order chi connectivity index (χ0) is 22.1. The highest BCUT2D eigenvalue weighted by Crippen LogP contribution is 2.30. The van der Waals surface area contributed by atoms with Crippen molar-refractivity contribution in [3.8, 4) is 17.0 Å². The standard InChI is InChI=1S/C26H20ClNO3/c1-15-12-16(2)25-21(13-15)22(14-23(28-25)18-8-10-19(27)11-9-18)26(30)31-24-7-5-4-6-20(24)17(3)29/h4-14H,1-3H3. The third-order valence-corrected chi connectivity index (χ3v) is 5.33. The monoisotopic (exact) mass is 429 g/mol. The Morgan fingerprint density at radius 3 is 2.32 bits per heavy atom. The summed E-state index contributed by atoms with van der Waals surface area (Å²) in [6, 6.07) is 19.7. The normalized spacial score (nSPS) is 10.8. The molecule has 0 amide bonds. The van der Waals surface area contributed by atoms with E-state index in [0.29, 0.717) is 27.2 Å². The van der Waals surface area contributed by atoms with Crippen molar-refractivity contribution in [1.82, 2.24) is 4.98 Å². The number of fused-ring (bicyclic) bond motifs is 1. The smallest absolute Gasteiger partial charge is 0.344 e. The largest absolute Gasteiger partial charge is 0.422 e. The Bertz CT molecular complexity index is 1330. The van der Waals surface area contributed by atoms with Crippen LogP contribution in [0.1, 0.15) is 38.8 Å². The maximum Gasteiger partial charge on any atom is 0.344 e. The minimum Gasteiger partial charge on any atom is -0.422 e. The molecule has 1 aromatic heterocycles. The molecule has 4 aromatic rings. The predicted octanol–water partition coefficient (Wildman–Crippen LogP) is 6.59. The van der Waals surface area contributed by atoms with Crippen LogP contribution >= 0.6 is 11.6 Å². The Balaban J connectivity index is 1.88. The predicted molar refractivity (Wildman–Crippen MR) is 123 cm³/mol. The van der Waals surface area contributed by atoms with E-state index in [0.717, 1.165) is 22.2 Å². The number of aryl methyl sites for hydroxylation is 2. The van der Waals surface area contributed by atoms with E-state index in [9.17, 15) is 9.59 Å². The van der Waals surface area contributed by atoms with Crippen molar-refractivity contribution in [2.75, 3.05) is 0 Å². The molecule has 0 spiro atoms. The zero-order valence-electron chi connectivity index (χ0n) is 17.4. The lowest BCUT2D eigenvalue weighted by atomic mass is 10.00. The lowest BCUT2D eigenvalue weighted by molar-refractivity contribution is 0.0735. The fourth-order valence-corrected chi connectivity index (χ4v) is 3.75. The van der Waals surface area contributed by atoms with E-state index >= 15 is 0 Å². The number of ether oxygens (including phenoxy) is 1. The van der Waals surface area contributed by atoms with E-state index in [-0.39, 0.29) is 11.5 Å². The zero-order valence-corrected chi connectivity index (χ0v) is 18.2.